The maximum atomic E-state index is 6.17. The molecule has 1 aromatic carbocycles. The van der Waals surface area contributed by atoms with Crippen LogP contribution < -0.4 is 15.2 Å². The van der Waals surface area contributed by atoms with Crippen LogP contribution in [0.4, 0.5) is 0 Å². The number of methoxy groups -OCH3 is 2. The van der Waals surface area contributed by atoms with E-state index in [2.05, 4.69) is 4.98 Å². The van der Waals surface area contributed by atoms with Crippen molar-refractivity contribution >= 4 is 0 Å². The zero-order valence-electron chi connectivity index (χ0n) is 10.5. The van der Waals surface area contributed by atoms with E-state index in [9.17, 15) is 0 Å². The van der Waals surface area contributed by atoms with E-state index in [1.54, 1.807) is 20.4 Å². The quantitative estimate of drug-likeness (QED) is 0.895. The van der Waals surface area contributed by atoms with Gasteiger partial charge >= 0.3 is 0 Å². The van der Waals surface area contributed by atoms with E-state index >= 15 is 0 Å². The summed E-state index contributed by atoms with van der Waals surface area (Å²) in [6, 6.07) is 11.1. The number of ether oxygens (including phenoxy) is 2. The lowest BCUT2D eigenvalue weighted by Gasteiger charge is -2.14. The van der Waals surface area contributed by atoms with Crippen LogP contribution in [0.2, 0.25) is 0 Å². The van der Waals surface area contributed by atoms with Crippen LogP contribution in [0, 0.1) is 0 Å². The Morgan fingerprint density at radius 3 is 2.44 bits per heavy atom. The SMILES string of the molecule is COc1ccc(C(N)c2ccccn2)cc1OC. The van der Waals surface area contributed by atoms with Crippen LogP contribution in [0.3, 0.4) is 0 Å². The minimum Gasteiger partial charge on any atom is -0.493 e. The molecule has 4 nitrogen and oxygen atoms in total. The van der Waals surface area contributed by atoms with Crippen molar-refractivity contribution in [3.63, 3.8) is 0 Å². The second-order valence-corrected chi connectivity index (χ2v) is 3.85. The Labute approximate surface area is 106 Å². The average Bonchev–Trinajstić information content (AvgIpc) is 2.46. The molecular weight excluding hydrogens is 228 g/mol. The molecule has 0 saturated heterocycles. The molecule has 18 heavy (non-hydrogen) atoms. The summed E-state index contributed by atoms with van der Waals surface area (Å²) in [6.45, 7) is 0. The van der Waals surface area contributed by atoms with E-state index in [-0.39, 0.29) is 6.04 Å². The summed E-state index contributed by atoms with van der Waals surface area (Å²) in [6.07, 6.45) is 1.73. The number of aromatic nitrogens is 1. The first-order chi connectivity index (χ1) is 8.76. The third-order valence-electron chi connectivity index (χ3n) is 2.77. The zero-order chi connectivity index (χ0) is 13.0. The molecule has 0 fully saturated rings. The molecule has 0 bridgehead atoms. The van der Waals surface area contributed by atoms with E-state index in [0.717, 1.165) is 11.3 Å². The Balaban J connectivity index is 2.34. The molecular formula is C14H16N2O2. The maximum Gasteiger partial charge on any atom is 0.161 e. The Bertz CT molecular complexity index is 514. The summed E-state index contributed by atoms with van der Waals surface area (Å²) in [5, 5.41) is 0. The van der Waals surface area contributed by atoms with Crippen LogP contribution in [0.15, 0.2) is 42.6 Å². The molecule has 4 heteroatoms. The molecule has 1 heterocycles. The molecule has 0 aliphatic rings. The Kier molecular flexibility index (Phi) is 3.79. The van der Waals surface area contributed by atoms with Crippen LogP contribution in [0.25, 0.3) is 0 Å². The van der Waals surface area contributed by atoms with E-state index in [1.807, 2.05) is 36.4 Å². The first-order valence-corrected chi connectivity index (χ1v) is 5.64. The van der Waals surface area contributed by atoms with Gasteiger partial charge in [-0.05, 0) is 29.8 Å². The zero-order valence-corrected chi connectivity index (χ0v) is 10.5. The molecule has 1 aromatic heterocycles. The number of nitrogens with zero attached hydrogens (tertiary/aromatic N) is 1. The first-order valence-electron chi connectivity index (χ1n) is 5.64. The minimum absolute atomic E-state index is 0.272. The van der Waals surface area contributed by atoms with Gasteiger partial charge in [0.15, 0.2) is 11.5 Å². The van der Waals surface area contributed by atoms with Crippen LogP contribution >= 0.6 is 0 Å². The smallest absolute Gasteiger partial charge is 0.161 e. The molecule has 0 aliphatic carbocycles. The molecule has 0 amide bonds. The average molecular weight is 244 g/mol. The van der Waals surface area contributed by atoms with Crippen LogP contribution in [-0.2, 0) is 0 Å². The van der Waals surface area contributed by atoms with E-state index in [0.29, 0.717) is 11.5 Å². The first kappa shape index (κ1) is 12.4. The second kappa shape index (κ2) is 5.51. The third kappa shape index (κ3) is 2.43. The van der Waals surface area contributed by atoms with Gasteiger partial charge in [-0.1, -0.05) is 12.1 Å². The van der Waals surface area contributed by atoms with E-state index in [4.69, 9.17) is 15.2 Å². The topological polar surface area (TPSA) is 57.4 Å². The lowest BCUT2D eigenvalue weighted by molar-refractivity contribution is 0.354. The molecule has 1 unspecified atom stereocenters. The van der Waals surface area contributed by atoms with Crippen molar-refractivity contribution in [3.05, 3.63) is 53.9 Å². The molecule has 2 N–H and O–H groups in total. The van der Waals surface area contributed by atoms with Crippen molar-refractivity contribution in [2.45, 2.75) is 6.04 Å². The maximum absolute atomic E-state index is 6.17. The van der Waals surface area contributed by atoms with Crippen molar-refractivity contribution in [1.29, 1.82) is 0 Å². The highest BCUT2D eigenvalue weighted by atomic mass is 16.5. The van der Waals surface area contributed by atoms with Gasteiger partial charge in [0.25, 0.3) is 0 Å². The van der Waals surface area contributed by atoms with Gasteiger partial charge in [-0.25, -0.2) is 0 Å². The largest absolute Gasteiger partial charge is 0.493 e. The Morgan fingerprint density at radius 1 is 1.06 bits per heavy atom. The molecule has 0 spiro atoms. The lowest BCUT2D eigenvalue weighted by atomic mass is 10.0. The molecule has 2 rings (SSSR count). The summed E-state index contributed by atoms with van der Waals surface area (Å²) in [5.41, 5.74) is 7.93. The monoisotopic (exact) mass is 244 g/mol. The van der Waals surface area contributed by atoms with Crippen molar-refractivity contribution in [2.24, 2.45) is 5.73 Å². The highest BCUT2D eigenvalue weighted by Gasteiger charge is 2.12. The normalized spacial score (nSPS) is 11.9. The Morgan fingerprint density at radius 2 is 1.83 bits per heavy atom. The number of rotatable bonds is 4. The van der Waals surface area contributed by atoms with E-state index in [1.165, 1.54) is 0 Å². The summed E-state index contributed by atoms with van der Waals surface area (Å²) < 4.78 is 10.5. The van der Waals surface area contributed by atoms with Gasteiger partial charge < -0.3 is 15.2 Å². The Hall–Kier alpha value is -2.07. The van der Waals surface area contributed by atoms with Crippen LogP contribution in [0.5, 0.6) is 11.5 Å². The van der Waals surface area contributed by atoms with E-state index < -0.39 is 0 Å². The number of benzene rings is 1. The summed E-state index contributed by atoms with van der Waals surface area (Å²) >= 11 is 0. The fourth-order valence-corrected chi connectivity index (χ4v) is 1.78. The second-order valence-electron chi connectivity index (χ2n) is 3.85. The fourth-order valence-electron chi connectivity index (χ4n) is 1.78. The minimum atomic E-state index is -0.272. The van der Waals surface area contributed by atoms with Gasteiger partial charge in [0.1, 0.15) is 0 Å². The predicted octanol–water partition coefficient (Wildman–Crippen LogP) is 2.15. The molecule has 1 atom stereocenters. The van der Waals surface area contributed by atoms with Gasteiger partial charge in [-0.2, -0.15) is 0 Å². The standard InChI is InChI=1S/C14H16N2O2/c1-17-12-7-6-10(9-13(12)18-2)14(15)11-5-3-4-8-16-11/h3-9,14H,15H2,1-2H3. The van der Waals surface area contributed by atoms with Gasteiger partial charge in [0.05, 0.1) is 26.0 Å². The highest BCUT2D eigenvalue weighted by Crippen LogP contribution is 2.30. The third-order valence-corrected chi connectivity index (χ3v) is 2.77. The molecule has 0 aliphatic heterocycles. The highest BCUT2D eigenvalue weighted by molar-refractivity contribution is 5.45. The van der Waals surface area contributed by atoms with Gasteiger partial charge in [-0.15, -0.1) is 0 Å². The number of pyridine rings is 1. The van der Waals surface area contributed by atoms with Gasteiger partial charge in [0.2, 0.25) is 0 Å². The van der Waals surface area contributed by atoms with Crippen LogP contribution in [-0.4, -0.2) is 19.2 Å². The van der Waals surface area contributed by atoms with Crippen molar-refractivity contribution in [2.75, 3.05) is 14.2 Å². The molecule has 0 radical (unpaired) electrons. The lowest BCUT2D eigenvalue weighted by Crippen LogP contribution is -2.13. The van der Waals surface area contributed by atoms with Crippen molar-refractivity contribution < 1.29 is 9.47 Å². The summed E-state index contributed by atoms with van der Waals surface area (Å²) in [5.74, 6) is 1.36. The number of nitrogens with two attached hydrogens (primary N) is 1. The van der Waals surface area contributed by atoms with Crippen LogP contribution in [0.1, 0.15) is 17.3 Å². The molecule has 2 aromatic rings. The van der Waals surface area contributed by atoms with Crippen molar-refractivity contribution in [3.8, 4) is 11.5 Å². The van der Waals surface area contributed by atoms with Gasteiger partial charge in [0, 0.05) is 6.20 Å². The number of hydrogen-bond donors (Lipinski definition) is 1. The van der Waals surface area contributed by atoms with Gasteiger partial charge in [-0.3, -0.25) is 4.98 Å². The fraction of sp³-hybridized carbons (Fsp3) is 0.214. The molecule has 0 saturated carbocycles. The summed E-state index contributed by atoms with van der Waals surface area (Å²) in [7, 11) is 3.21. The predicted molar refractivity (Wildman–Crippen MR) is 69.8 cm³/mol. The van der Waals surface area contributed by atoms with Crippen molar-refractivity contribution in [1.82, 2.24) is 4.98 Å². The summed E-state index contributed by atoms with van der Waals surface area (Å²) in [4.78, 5) is 4.26. The number of hydrogen-bond acceptors (Lipinski definition) is 4. The molecule has 94 valence electrons.